The Morgan fingerprint density at radius 2 is 1.22 bits per heavy atom. The molecule has 0 unspecified atom stereocenters. The Labute approximate surface area is 283 Å². The highest BCUT2D eigenvalue weighted by Crippen LogP contribution is 2.51. The Kier molecular flexibility index (Phi) is 5.85. The highest BCUT2D eigenvalue weighted by Gasteiger charge is 2.36. The molecule has 0 spiro atoms. The van der Waals surface area contributed by atoms with Crippen molar-refractivity contribution in [3.63, 3.8) is 0 Å². The summed E-state index contributed by atoms with van der Waals surface area (Å²) < 4.78 is 8.98. The minimum atomic E-state index is -0.167. The summed E-state index contributed by atoms with van der Waals surface area (Å²) in [7, 11) is 0. The van der Waals surface area contributed by atoms with Gasteiger partial charge in [-0.15, -0.1) is 0 Å². The molecule has 0 N–H and O–H groups in total. The van der Waals surface area contributed by atoms with Crippen molar-refractivity contribution in [1.29, 1.82) is 0 Å². The van der Waals surface area contributed by atoms with E-state index in [9.17, 15) is 0 Å². The van der Waals surface area contributed by atoms with Crippen LogP contribution in [0.2, 0.25) is 0 Å². The van der Waals surface area contributed by atoms with Crippen molar-refractivity contribution in [3.05, 3.63) is 157 Å². The number of benzene rings is 6. The summed E-state index contributed by atoms with van der Waals surface area (Å²) in [4.78, 5) is 15.4. The third kappa shape index (κ3) is 4.15. The van der Waals surface area contributed by atoms with E-state index in [1.807, 2.05) is 66.7 Å². The van der Waals surface area contributed by atoms with Gasteiger partial charge < -0.3 is 4.42 Å². The minimum absolute atomic E-state index is 0.167. The second kappa shape index (κ2) is 10.3. The molecule has 49 heavy (non-hydrogen) atoms. The van der Waals surface area contributed by atoms with Crippen LogP contribution in [0, 0.1) is 0 Å². The first-order valence-corrected chi connectivity index (χ1v) is 16.6. The van der Waals surface area contributed by atoms with Crippen molar-refractivity contribution in [2.45, 2.75) is 19.3 Å². The minimum Gasteiger partial charge on any atom is -0.434 e. The fourth-order valence-electron chi connectivity index (χ4n) is 7.64. The van der Waals surface area contributed by atoms with Crippen molar-refractivity contribution >= 4 is 32.9 Å². The summed E-state index contributed by atoms with van der Waals surface area (Å²) >= 11 is 0. The summed E-state index contributed by atoms with van der Waals surface area (Å²) in [6.07, 6.45) is 0. The van der Waals surface area contributed by atoms with Crippen molar-refractivity contribution in [2.75, 3.05) is 0 Å². The maximum absolute atomic E-state index is 6.71. The number of aromatic nitrogens is 4. The quantitative estimate of drug-likeness (QED) is 0.194. The van der Waals surface area contributed by atoms with Gasteiger partial charge in [0.2, 0.25) is 5.89 Å². The van der Waals surface area contributed by atoms with Crippen LogP contribution in [0.1, 0.15) is 25.0 Å². The first-order valence-electron chi connectivity index (χ1n) is 16.6. The molecule has 0 aliphatic heterocycles. The van der Waals surface area contributed by atoms with E-state index < -0.39 is 0 Å². The molecular weight excluding hydrogens is 601 g/mol. The summed E-state index contributed by atoms with van der Waals surface area (Å²) in [6.45, 7) is 4.64. The van der Waals surface area contributed by atoms with Crippen molar-refractivity contribution in [2.24, 2.45) is 0 Å². The zero-order chi connectivity index (χ0) is 32.7. The number of oxazole rings is 1. The van der Waals surface area contributed by atoms with Gasteiger partial charge in [0, 0.05) is 38.9 Å². The van der Waals surface area contributed by atoms with Gasteiger partial charge in [-0.1, -0.05) is 117 Å². The molecule has 0 amide bonds. The summed E-state index contributed by atoms with van der Waals surface area (Å²) in [6, 6.07) is 50.5. The Morgan fingerprint density at radius 1 is 0.551 bits per heavy atom. The molecule has 9 aromatic rings. The van der Waals surface area contributed by atoms with Gasteiger partial charge >= 0.3 is 0 Å². The lowest BCUT2D eigenvalue weighted by molar-refractivity contribution is 0.621. The van der Waals surface area contributed by atoms with Crippen LogP contribution in [0.3, 0.4) is 0 Å². The van der Waals surface area contributed by atoms with E-state index in [0.29, 0.717) is 11.7 Å². The number of fused-ring (bicyclic) bond motifs is 8. The molecule has 3 heterocycles. The van der Waals surface area contributed by atoms with Gasteiger partial charge in [0.1, 0.15) is 16.9 Å². The predicted molar refractivity (Wildman–Crippen MR) is 198 cm³/mol. The molecule has 1 aliphatic rings. The van der Waals surface area contributed by atoms with Crippen LogP contribution < -0.4 is 0 Å². The van der Waals surface area contributed by atoms with E-state index in [4.69, 9.17) is 19.4 Å². The molecule has 232 valence electrons. The molecule has 5 heteroatoms. The Bertz CT molecular complexity index is 2670. The van der Waals surface area contributed by atoms with Crippen molar-refractivity contribution in [1.82, 2.24) is 19.5 Å². The fourth-order valence-corrected chi connectivity index (χ4v) is 7.64. The van der Waals surface area contributed by atoms with Crippen LogP contribution in [0.5, 0.6) is 0 Å². The van der Waals surface area contributed by atoms with Crippen LogP contribution in [-0.4, -0.2) is 19.5 Å². The predicted octanol–water partition coefficient (Wildman–Crippen LogP) is 11.0. The number of rotatable bonds is 4. The van der Waals surface area contributed by atoms with Crippen molar-refractivity contribution < 1.29 is 4.42 Å². The largest absolute Gasteiger partial charge is 0.434 e. The first kappa shape index (κ1) is 27.8. The van der Waals surface area contributed by atoms with E-state index in [1.165, 1.54) is 22.3 Å². The molecule has 6 aromatic carbocycles. The van der Waals surface area contributed by atoms with Crippen LogP contribution >= 0.6 is 0 Å². The summed E-state index contributed by atoms with van der Waals surface area (Å²) in [5, 5.41) is 2.23. The van der Waals surface area contributed by atoms with Gasteiger partial charge in [0.05, 0.1) is 11.2 Å². The summed E-state index contributed by atoms with van der Waals surface area (Å²) in [5.74, 6) is 2.02. The lowest BCUT2D eigenvalue weighted by Crippen LogP contribution is -2.15. The fraction of sp³-hybridized carbons (Fsp3) is 0.0682. The standard InChI is InChI=1S/C44H30N4O/c1-44(2)34-21-13-12-20-30(34)32-24-33-31-22-23-36-41(49-43(46-36)29-18-10-5-11-19-29)40(31)48(38(33)25-35(32)44)39-26-37(27-14-6-3-7-15-27)45-42(47-39)28-16-8-4-9-17-28/h3-26H,1-2H3. The van der Waals surface area contributed by atoms with E-state index >= 15 is 0 Å². The van der Waals surface area contributed by atoms with Crippen LogP contribution in [0.25, 0.3) is 83.9 Å². The molecule has 0 atom stereocenters. The smallest absolute Gasteiger partial charge is 0.227 e. The topological polar surface area (TPSA) is 56.7 Å². The van der Waals surface area contributed by atoms with Gasteiger partial charge in [-0.05, 0) is 58.7 Å². The Morgan fingerprint density at radius 3 is 1.98 bits per heavy atom. The van der Waals surface area contributed by atoms with Crippen LogP contribution in [0.4, 0.5) is 0 Å². The zero-order valence-electron chi connectivity index (χ0n) is 27.1. The average Bonchev–Trinajstić information content (AvgIpc) is 3.80. The Balaban J connectivity index is 1.35. The number of nitrogens with zero attached hydrogens (tertiary/aromatic N) is 4. The number of hydrogen-bond acceptors (Lipinski definition) is 4. The third-order valence-corrected chi connectivity index (χ3v) is 10.0. The molecule has 10 rings (SSSR count). The molecule has 3 aromatic heterocycles. The van der Waals surface area contributed by atoms with Crippen LogP contribution in [-0.2, 0) is 5.41 Å². The molecule has 0 saturated carbocycles. The van der Waals surface area contributed by atoms with Gasteiger partial charge in [-0.3, -0.25) is 4.57 Å². The molecule has 5 nitrogen and oxygen atoms in total. The molecule has 0 saturated heterocycles. The van der Waals surface area contributed by atoms with Crippen LogP contribution in [0.15, 0.2) is 150 Å². The lowest BCUT2D eigenvalue weighted by Gasteiger charge is -2.21. The molecule has 1 aliphatic carbocycles. The van der Waals surface area contributed by atoms with E-state index in [2.05, 4.69) is 97.3 Å². The molecule has 0 radical (unpaired) electrons. The second-order valence-corrected chi connectivity index (χ2v) is 13.3. The average molecular weight is 631 g/mol. The maximum Gasteiger partial charge on any atom is 0.227 e. The molecular formula is C44H30N4O. The Hall–Kier alpha value is -6.33. The molecule has 0 bridgehead atoms. The lowest BCUT2D eigenvalue weighted by atomic mass is 9.82. The second-order valence-electron chi connectivity index (χ2n) is 13.3. The normalized spacial score (nSPS) is 13.3. The first-order chi connectivity index (χ1) is 24.0. The third-order valence-electron chi connectivity index (χ3n) is 10.0. The van der Waals surface area contributed by atoms with Gasteiger partial charge in [-0.25, -0.2) is 15.0 Å². The SMILES string of the molecule is CC1(C)c2ccccc2-c2cc3c4ccc5nc(-c6ccccc6)oc5c4n(-c4cc(-c5ccccc5)nc(-c5ccccc5)n4)c3cc21. The highest BCUT2D eigenvalue weighted by molar-refractivity contribution is 6.18. The van der Waals surface area contributed by atoms with Gasteiger partial charge in [-0.2, -0.15) is 0 Å². The highest BCUT2D eigenvalue weighted by atomic mass is 16.3. The molecule has 0 fully saturated rings. The maximum atomic E-state index is 6.71. The summed E-state index contributed by atoms with van der Waals surface area (Å²) in [5.41, 5.74) is 12.3. The number of hydrogen-bond donors (Lipinski definition) is 0. The van der Waals surface area contributed by atoms with Gasteiger partial charge in [0.15, 0.2) is 11.4 Å². The van der Waals surface area contributed by atoms with E-state index in [-0.39, 0.29) is 5.41 Å². The van der Waals surface area contributed by atoms with E-state index in [0.717, 1.165) is 61.1 Å². The van der Waals surface area contributed by atoms with Gasteiger partial charge in [0.25, 0.3) is 0 Å². The monoisotopic (exact) mass is 630 g/mol. The zero-order valence-corrected chi connectivity index (χ0v) is 27.1. The van der Waals surface area contributed by atoms with Crippen molar-refractivity contribution in [3.8, 4) is 51.0 Å². The van der Waals surface area contributed by atoms with E-state index in [1.54, 1.807) is 0 Å².